The standard InChI is InChI=1S/C18H16IN3O3/c1-11-10-12(19)6-7-15(11)21-18(25)20-8-9-22-16(23)13-4-2-3-5-14(13)17(22)24/h2-7,10H,8-9H2,1H3,(H2,20,21,25). The third-order valence-electron chi connectivity index (χ3n) is 3.94. The van der Waals surface area contributed by atoms with Gasteiger partial charge in [0.05, 0.1) is 11.1 Å². The number of fused-ring (bicyclic) bond motifs is 1. The number of benzene rings is 2. The number of amides is 4. The van der Waals surface area contributed by atoms with E-state index in [-0.39, 0.29) is 30.9 Å². The van der Waals surface area contributed by atoms with E-state index in [0.717, 1.165) is 19.7 Å². The quantitative estimate of drug-likeness (QED) is 0.557. The van der Waals surface area contributed by atoms with Gasteiger partial charge in [-0.25, -0.2) is 4.79 Å². The topological polar surface area (TPSA) is 78.5 Å². The second-order valence-electron chi connectivity index (χ2n) is 5.65. The highest BCUT2D eigenvalue weighted by Gasteiger charge is 2.34. The molecule has 1 aliphatic rings. The maximum atomic E-state index is 12.2. The minimum absolute atomic E-state index is 0.130. The smallest absolute Gasteiger partial charge is 0.319 e. The predicted octanol–water partition coefficient (Wildman–Crippen LogP) is 3.02. The molecule has 0 saturated heterocycles. The first kappa shape index (κ1) is 17.4. The van der Waals surface area contributed by atoms with Gasteiger partial charge in [0.25, 0.3) is 11.8 Å². The maximum Gasteiger partial charge on any atom is 0.319 e. The van der Waals surface area contributed by atoms with E-state index >= 15 is 0 Å². The van der Waals surface area contributed by atoms with Crippen LogP contribution in [-0.4, -0.2) is 35.8 Å². The van der Waals surface area contributed by atoms with Crippen LogP contribution in [0, 0.1) is 10.5 Å². The van der Waals surface area contributed by atoms with Crippen LogP contribution in [0.4, 0.5) is 10.5 Å². The number of urea groups is 1. The van der Waals surface area contributed by atoms with Gasteiger partial charge in [-0.2, -0.15) is 0 Å². The van der Waals surface area contributed by atoms with Gasteiger partial charge in [0, 0.05) is 22.3 Å². The second kappa shape index (κ2) is 7.22. The van der Waals surface area contributed by atoms with E-state index < -0.39 is 0 Å². The Balaban J connectivity index is 1.54. The largest absolute Gasteiger partial charge is 0.336 e. The van der Waals surface area contributed by atoms with Crippen LogP contribution in [0.2, 0.25) is 0 Å². The molecular weight excluding hydrogens is 433 g/mol. The monoisotopic (exact) mass is 449 g/mol. The minimum atomic E-state index is -0.374. The SMILES string of the molecule is Cc1cc(I)ccc1NC(=O)NCCN1C(=O)c2ccccc2C1=O. The van der Waals surface area contributed by atoms with Crippen molar-refractivity contribution in [1.29, 1.82) is 0 Å². The van der Waals surface area contributed by atoms with Crippen LogP contribution in [0.3, 0.4) is 0 Å². The maximum absolute atomic E-state index is 12.2. The number of anilines is 1. The Morgan fingerprint density at radius 2 is 1.72 bits per heavy atom. The zero-order chi connectivity index (χ0) is 18.0. The van der Waals surface area contributed by atoms with Gasteiger partial charge in [-0.05, 0) is 65.4 Å². The van der Waals surface area contributed by atoms with E-state index in [2.05, 4.69) is 33.2 Å². The summed E-state index contributed by atoms with van der Waals surface area (Å²) in [5, 5.41) is 5.43. The van der Waals surface area contributed by atoms with Gasteiger partial charge in [0.15, 0.2) is 0 Å². The van der Waals surface area contributed by atoms with Crippen LogP contribution in [0.1, 0.15) is 26.3 Å². The number of rotatable bonds is 4. The number of nitrogens with one attached hydrogen (secondary N) is 2. The number of nitrogens with zero attached hydrogens (tertiary/aromatic N) is 1. The lowest BCUT2D eigenvalue weighted by Gasteiger charge is -2.15. The molecule has 0 unspecified atom stereocenters. The van der Waals surface area contributed by atoms with Gasteiger partial charge in [-0.3, -0.25) is 14.5 Å². The average molecular weight is 449 g/mol. The first-order valence-corrected chi connectivity index (χ1v) is 8.81. The van der Waals surface area contributed by atoms with E-state index in [1.54, 1.807) is 24.3 Å². The fourth-order valence-corrected chi connectivity index (χ4v) is 3.30. The normalized spacial score (nSPS) is 13.0. The molecule has 0 radical (unpaired) electrons. The zero-order valence-electron chi connectivity index (χ0n) is 13.5. The van der Waals surface area contributed by atoms with Gasteiger partial charge < -0.3 is 10.6 Å². The fourth-order valence-electron chi connectivity index (χ4n) is 2.66. The molecular formula is C18H16IN3O3. The lowest BCUT2D eigenvalue weighted by molar-refractivity contribution is 0.0656. The van der Waals surface area contributed by atoms with E-state index in [9.17, 15) is 14.4 Å². The van der Waals surface area contributed by atoms with E-state index in [1.807, 2.05) is 25.1 Å². The molecule has 1 heterocycles. The van der Waals surface area contributed by atoms with Gasteiger partial charge in [-0.15, -0.1) is 0 Å². The summed E-state index contributed by atoms with van der Waals surface area (Å²) < 4.78 is 1.09. The van der Waals surface area contributed by atoms with Crippen LogP contribution in [0.15, 0.2) is 42.5 Å². The molecule has 7 heteroatoms. The number of hydrogen-bond donors (Lipinski definition) is 2. The van der Waals surface area contributed by atoms with E-state index in [0.29, 0.717) is 11.1 Å². The number of imide groups is 1. The third kappa shape index (κ3) is 3.65. The van der Waals surface area contributed by atoms with Gasteiger partial charge >= 0.3 is 6.03 Å². The molecule has 0 aromatic heterocycles. The van der Waals surface area contributed by atoms with Gasteiger partial charge in [-0.1, -0.05) is 12.1 Å². The highest BCUT2D eigenvalue weighted by molar-refractivity contribution is 14.1. The zero-order valence-corrected chi connectivity index (χ0v) is 15.7. The summed E-state index contributed by atoms with van der Waals surface area (Å²) in [6.07, 6.45) is 0. The van der Waals surface area contributed by atoms with Crippen LogP contribution in [-0.2, 0) is 0 Å². The summed E-state index contributed by atoms with van der Waals surface area (Å²) >= 11 is 2.21. The van der Waals surface area contributed by atoms with Crippen molar-refractivity contribution < 1.29 is 14.4 Å². The van der Waals surface area contributed by atoms with Crippen molar-refractivity contribution in [3.05, 3.63) is 62.7 Å². The number of aryl methyl sites for hydroxylation is 1. The first-order chi connectivity index (χ1) is 12.0. The Kier molecular flexibility index (Phi) is 5.03. The minimum Gasteiger partial charge on any atom is -0.336 e. The Labute approximate surface area is 158 Å². The van der Waals surface area contributed by atoms with Crippen LogP contribution < -0.4 is 10.6 Å². The van der Waals surface area contributed by atoms with Gasteiger partial charge in [0.2, 0.25) is 0 Å². The number of carbonyl (C=O) groups is 3. The first-order valence-electron chi connectivity index (χ1n) is 7.73. The highest BCUT2D eigenvalue weighted by Crippen LogP contribution is 2.21. The van der Waals surface area contributed by atoms with Crippen LogP contribution in [0.5, 0.6) is 0 Å². The molecule has 0 spiro atoms. The molecule has 2 aromatic carbocycles. The number of halogens is 1. The molecule has 3 rings (SSSR count). The lowest BCUT2D eigenvalue weighted by Crippen LogP contribution is -2.39. The number of carbonyl (C=O) groups excluding carboxylic acids is 3. The van der Waals surface area contributed by atoms with Crippen LogP contribution in [0.25, 0.3) is 0 Å². The lowest BCUT2D eigenvalue weighted by atomic mass is 10.1. The highest BCUT2D eigenvalue weighted by atomic mass is 127. The Morgan fingerprint density at radius 1 is 1.08 bits per heavy atom. The molecule has 0 saturated carbocycles. The van der Waals surface area contributed by atoms with Crippen molar-refractivity contribution in [3.8, 4) is 0 Å². The average Bonchev–Trinajstić information content (AvgIpc) is 2.83. The molecule has 0 fully saturated rings. The van der Waals surface area contributed by atoms with Crippen molar-refractivity contribution in [2.45, 2.75) is 6.92 Å². The van der Waals surface area contributed by atoms with E-state index in [1.165, 1.54) is 0 Å². The van der Waals surface area contributed by atoms with Crippen molar-refractivity contribution in [2.24, 2.45) is 0 Å². The summed E-state index contributed by atoms with van der Waals surface area (Å²) in [6, 6.07) is 12.0. The van der Waals surface area contributed by atoms with Crippen molar-refractivity contribution >= 4 is 46.1 Å². The third-order valence-corrected chi connectivity index (χ3v) is 4.61. The van der Waals surface area contributed by atoms with Crippen molar-refractivity contribution in [2.75, 3.05) is 18.4 Å². The van der Waals surface area contributed by atoms with E-state index in [4.69, 9.17) is 0 Å². The second-order valence-corrected chi connectivity index (χ2v) is 6.89. The molecule has 25 heavy (non-hydrogen) atoms. The molecule has 128 valence electrons. The van der Waals surface area contributed by atoms with Crippen molar-refractivity contribution in [1.82, 2.24) is 10.2 Å². The molecule has 2 aromatic rings. The molecule has 0 aliphatic carbocycles. The summed E-state index contributed by atoms with van der Waals surface area (Å²) in [7, 11) is 0. The summed E-state index contributed by atoms with van der Waals surface area (Å²) in [4.78, 5) is 37.6. The van der Waals surface area contributed by atoms with Gasteiger partial charge in [0.1, 0.15) is 0 Å². The Bertz CT molecular complexity index is 831. The molecule has 0 bridgehead atoms. The molecule has 0 atom stereocenters. The fraction of sp³-hybridized carbons (Fsp3) is 0.167. The summed E-state index contributed by atoms with van der Waals surface area (Å²) in [5.41, 5.74) is 2.50. The molecule has 4 amide bonds. The summed E-state index contributed by atoms with van der Waals surface area (Å²) in [6.45, 7) is 2.22. The molecule has 6 nitrogen and oxygen atoms in total. The predicted molar refractivity (Wildman–Crippen MR) is 103 cm³/mol. The number of hydrogen-bond acceptors (Lipinski definition) is 3. The Morgan fingerprint density at radius 3 is 2.32 bits per heavy atom. The molecule has 2 N–H and O–H groups in total. The summed E-state index contributed by atoms with van der Waals surface area (Å²) in [5.74, 6) is -0.646. The van der Waals surface area contributed by atoms with Crippen molar-refractivity contribution in [3.63, 3.8) is 0 Å². The Hall–Kier alpha value is -2.42. The van der Waals surface area contributed by atoms with Crippen LogP contribution >= 0.6 is 22.6 Å². The molecule has 1 aliphatic heterocycles.